The molecule has 1 fully saturated rings. The maximum atomic E-state index is 11.6. The lowest BCUT2D eigenvalue weighted by Gasteiger charge is -2.13. The summed E-state index contributed by atoms with van der Waals surface area (Å²) in [6.45, 7) is 1.96. The van der Waals surface area contributed by atoms with E-state index < -0.39 is 5.97 Å². The molecule has 1 aliphatic carbocycles. The van der Waals surface area contributed by atoms with Gasteiger partial charge in [-0.1, -0.05) is 11.6 Å². The van der Waals surface area contributed by atoms with Crippen LogP contribution in [-0.2, 0) is 0 Å². The van der Waals surface area contributed by atoms with Gasteiger partial charge >= 0.3 is 12.0 Å². The van der Waals surface area contributed by atoms with Crippen molar-refractivity contribution < 1.29 is 14.7 Å². The van der Waals surface area contributed by atoms with Gasteiger partial charge < -0.3 is 15.7 Å². The number of rotatable bonds is 3. The van der Waals surface area contributed by atoms with Crippen LogP contribution < -0.4 is 10.6 Å². The summed E-state index contributed by atoms with van der Waals surface area (Å²) in [6, 6.07) is 3.83. The number of hydrogen-bond acceptors (Lipinski definition) is 2. The molecule has 0 spiro atoms. The monoisotopic (exact) mass is 268 g/mol. The average Bonchev–Trinajstić information content (AvgIpc) is 2.98. The van der Waals surface area contributed by atoms with Gasteiger partial charge in [-0.25, -0.2) is 9.59 Å². The highest BCUT2D eigenvalue weighted by Gasteiger charge is 2.38. The molecule has 96 valence electrons. The van der Waals surface area contributed by atoms with Crippen LogP contribution in [-0.4, -0.2) is 22.6 Å². The molecule has 0 radical (unpaired) electrons. The Morgan fingerprint density at radius 3 is 2.56 bits per heavy atom. The summed E-state index contributed by atoms with van der Waals surface area (Å²) in [6.07, 6.45) is 1.93. The van der Waals surface area contributed by atoms with Crippen molar-refractivity contribution in [1.29, 1.82) is 0 Å². The fraction of sp³-hybridized carbons (Fsp3) is 0.333. The van der Waals surface area contributed by atoms with Crippen molar-refractivity contribution in [2.24, 2.45) is 0 Å². The number of aromatic carboxylic acids is 1. The van der Waals surface area contributed by atoms with Gasteiger partial charge in [0.05, 0.1) is 16.3 Å². The van der Waals surface area contributed by atoms with Crippen LogP contribution in [0.3, 0.4) is 0 Å². The lowest BCUT2D eigenvalue weighted by Crippen LogP contribution is -2.37. The van der Waals surface area contributed by atoms with Crippen molar-refractivity contribution >= 4 is 29.3 Å². The Kier molecular flexibility index (Phi) is 3.17. The van der Waals surface area contributed by atoms with Crippen LogP contribution in [0, 0.1) is 0 Å². The third kappa shape index (κ3) is 2.92. The fourth-order valence-electron chi connectivity index (χ4n) is 1.49. The number of carboxylic acid groups (broad SMARTS) is 1. The zero-order valence-corrected chi connectivity index (χ0v) is 10.5. The number of hydrogen-bond donors (Lipinski definition) is 3. The van der Waals surface area contributed by atoms with E-state index in [2.05, 4.69) is 10.6 Å². The summed E-state index contributed by atoms with van der Waals surface area (Å²) in [7, 11) is 0. The Morgan fingerprint density at radius 2 is 2.06 bits per heavy atom. The number of anilines is 1. The molecule has 6 heteroatoms. The molecule has 0 aliphatic heterocycles. The van der Waals surface area contributed by atoms with Crippen molar-refractivity contribution in [1.82, 2.24) is 5.32 Å². The van der Waals surface area contributed by atoms with E-state index in [1.807, 2.05) is 6.92 Å². The van der Waals surface area contributed by atoms with Crippen molar-refractivity contribution in [2.75, 3.05) is 5.32 Å². The molecule has 2 rings (SSSR count). The fourth-order valence-corrected chi connectivity index (χ4v) is 1.72. The van der Waals surface area contributed by atoms with Gasteiger partial charge in [0.15, 0.2) is 0 Å². The highest BCUT2D eigenvalue weighted by Crippen LogP contribution is 2.34. The van der Waals surface area contributed by atoms with Crippen molar-refractivity contribution in [3.8, 4) is 0 Å². The van der Waals surface area contributed by atoms with Crippen LogP contribution in [0.5, 0.6) is 0 Å². The Hall–Kier alpha value is -1.75. The Bertz CT molecular complexity index is 512. The quantitative estimate of drug-likeness (QED) is 0.789. The number of benzene rings is 1. The topological polar surface area (TPSA) is 78.4 Å². The molecule has 1 aromatic carbocycles. The number of halogens is 1. The highest BCUT2D eigenvalue weighted by molar-refractivity contribution is 6.34. The second-order valence-electron chi connectivity index (χ2n) is 4.64. The molecule has 5 nitrogen and oxygen atoms in total. The first-order chi connectivity index (χ1) is 8.39. The molecule has 18 heavy (non-hydrogen) atoms. The Morgan fingerprint density at radius 1 is 1.39 bits per heavy atom. The summed E-state index contributed by atoms with van der Waals surface area (Å²) in [5.41, 5.74) is 0.362. The summed E-state index contributed by atoms with van der Waals surface area (Å²) >= 11 is 5.90. The maximum Gasteiger partial charge on any atom is 0.335 e. The minimum Gasteiger partial charge on any atom is -0.478 e. The summed E-state index contributed by atoms with van der Waals surface area (Å²) in [4.78, 5) is 22.4. The first kappa shape index (κ1) is 12.7. The van der Waals surface area contributed by atoms with Crippen LogP contribution in [0.4, 0.5) is 10.5 Å². The van der Waals surface area contributed by atoms with Crippen molar-refractivity contribution in [2.45, 2.75) is 25.3 Å². The highest BCUT2D eigenvalue weighted by atomic mass is 35.5. The van der Waals surface area contributed by atoms with E-state index in [1.54, 1.807) is 0 Å². The summed E-state index contributed by atoms with van der Waals surface area (Å²) < 4.78 is 0. The molecule has 1 aromatic rings. The molecule has 0 aromatic heterocycles. The molecular formula is C12H13ClN2O3. The van der Waals surface area contributed by atoms with Crippen molar-refractivity contribution in [3.63, 3.8) is 0 Å². The van der Waals surface area contributed by atoms with Gasteiger partial charge in [-0.2, -0.15) is 0 Å². The largest absolute Gasteiger partial charge is 0.478 e. The summed E-state index contributed by atoms with van der Waals surface area (Å²) in [5.74, 6) is -1.06. The van der Waals surface area contributed by atoms with Gasteiger partial charge in [0, 0.05) is 5.54 Å². The zero-order chi connectivity index (χ0) is 13.3. The third-order valence-corrected chi connectivity index (χ3v) is 3.19. The van der Waals surface area contributed by atoms with Crippen LogP contribution in [0.25, 0.3) is 0 Å². The van der Waals surface area contributed by atoms with Crippen LogP contribution >= 0.6 is 11.6 Å². The number of carbonyl (C=O) groups is 2. The lowest BCUT2D eigenvalue weighted by atomic mass is 10.2. The van der Waals surface area contributed by atoms with E-state index >= 15 is 0 Å². The molecule has 2 amide bonds. The average molecular weight is 269 g/mol. The van der Waals surface area contributed by atoms with Crippen LogP contribution in [0.1, 0.15) is 30.1 Å². The number of nitrogens with one attached hydrogen (secondary N) is 2. The molecule has 0 atom stereocenters. The minimum atomic E-state index is -1.06. The van der Waals surface area contributed by atoms with E-state index in [9.17, 15) is 9.59 Å². The first-order valence-electron chi connectivity index (χ1n) is 5.52. The predicted molar refractivity (Wildman–Crippen MR) is 68.2 cm³/mol. The number of amides is 2. The van der Waals surface area contributed by atoms with E-state index in [0.29, 0.717) is 5.69 Å². The normalized spacial score (nSPS) is 15.9. The summed E-state index contributed by atoms with van der Waals surface area (Å²) in [5, 5.41) is 14.4. The zero-order valence-electron chi connectivity index (χ0n) is 9.79. The molecular weight excluding hydrogens is 256 g/mol. The van der Waals surface area contributed by atoms with Gasteiger partial charge in [0.25, 0.3) is 0 Å². The molecule has 1 aliphatic rings. The smallest absolute Gasteiger partial charge is 0.335 e. The van der Waals surface area contributed by atoms with E-state index in [1.165, 1.54) is 18.2 Å². The first-order valence-corrected chi connectivity index (χ1v) is 5.89. The Labute approximate surface area is 109 Å². The molecule has 0 heterocycles. The predicted octanol–water partition coefficient (Wildman–Crippen LogP) is 2.71. The van der Waals surface area contributed by atoms with Gasteiger partial charge in [-0.05, 0) is 38.0 Å². The van der Waals surface area contributed by atoms with Gasteiger partial charge in [0.1, 0.15) is 0 Å². The van der Waals surface area contributed by atoms with Crippen LogP contribution in [0.2, 0.25) is 5.02 Å². The van der Waals surface area contributed by atoms with Gasteiger partial charge in [-0.3, -0.25) is 0 Å². The number of carboxylic acids is 1. The Balaban J connectivity index is 2.05. The standard InChI is InChI=1S/C12H13ClN2O3/c1-12(4-5-12)15-11(18)14-9-3-2-7(10(16)17)6-8(9)13/h2-3,6H,4-5H2,1H3,(H,16,17)(H2,14,15,18). The number of carbonyl (C=O) groups excluding carboxylic acids is 1. The maximum absolute atomic E-state index is 11.6. The van der Waals surface area contributed by atoms with E-state index in [4.69, 9.17) is 16.7 Å². The molecule has 1 saturated carbocycles. The van der Waals surface area contributed by atoms with Crippen LogP contribution in [0.15, 0.2) is 18.2 Å². The van der Waals surface area contributed by atoms with Gasteiger partial charge in [-0.15, -0.1) is 0 Å². The third-order valence-electron chi connectivity index (χ3n) is 2.88. The molecule has 0 saturated heterocycles. The lowest BCUT2D eigenvalue weighted by molar-refractivity contribution is 0.0697. The second-order valence-corrected chi connectivity index (χ2v) is 5.05. The van der Waals surface area contributed by atoms with E-state index in [-0.39, 0.29) is 22.2 Å². The molecule has 0 unspecified atom stereocenters. The molecule has 0 bridgehead atoms. The molecule has 3 N–H and O–H groups in total. The van der Waals surface area contributed by atoms with Gasteiger partial charge in [0.2, 0.25) is 0 Å². The van der Waals surface area contributed by atoms with E-state index in [0.717, 1.165) is 12.8 Å². The minimum absolute atomic E-state index is 0.0834. The van der Waals surface area contributed by atoms with Crippen molar-refractivity contribution in [3.05, 3.63) is 28.8 Å². The second kappa shape index (κ2) is 4.49. The SMILES string of the molecule is CC1(NC(=O)Nc2ccc(C(=O)O)cc2Cl)CC1. The number of urea groups is 1.